The molecule has 2 aliphatic heterocycles. The van der Waals surface area contributed by atoms with Crippen LogP contribution in [-0.4, -0.2) is 26.9 Å². The van der Waals surface area contributed by atoms with Crippen LogP contribution >= 0.6 is 0 Å². The fourth-order valence-corrected chi connectivity index (χ4v) is 3.35. The first-order valence-corrected chi connectivity index (χ1v) is 8.59. The SMILES string of the molecule is CC(C)C1NN=C2C=CC(c3cc(F)cc(-c4ncc[nH]4)c3C(F)F)=CN21. The van der Waals surface area contributed by atoms with E-state index in [2.05, 4.69) is 20.5 Å². The molecule has 5 nitrogen and oxygen atoms in total. The molecule has 0 amide bonds. The molecule has 140 valence electrons. The Balaban J connectivity index is 1.86. The number of fused-ring (bicyclic) bond motifs is 1. The highest BCUT2D eigenvalue weighted by atomic mass is 19.3. The predicted octanol–water partition coefficient (Wildman–Crippen LogP) is 4.26. The van der Waals surface area contributed by atoms with Crippen molar-refractivity contribution in [2.45, 2.75) is 26.4 Å². The van der Waals surface area contributed by atoms with Crippen LogP contribution in [0.15, 0.2) is 48.0 Å². The predicted molar refractivity (Wildman–Crippen MR) is 97.1 cm³/mol. The van der Waals surface area contributed by atoms with E-state index in [0.717, 1.165) is 12.1 Å². The third-order valence-corrected chi connectivity index (χ3v) is 4.62. The second-order valence-electron chi connectivity index (χ2n) is 6.77. The maximum absolute atomic E-state index is 14.3. The summed E-state index contributed by atoms with van der Waals surface area (Å²) in [5, 5.41) is 4.25. The van der Waals surface area contributed by atoms with Crippen molar-refractivity contribution in [1.29, 1.82) is 0 Å². The fourth-order valence-electron chi connectivity index (χ4n) is 3.35. The molecule has 0 fully saturated rings. The molecule has 0 saturated heterocycles. The lowest BCUT2D eigenvalue weighted by atomic mass is 9.93. The monoisotopic (exact) mass is 373 g/mol. The zero-order chi connectivity index (χ0) is 19.1. The summed E-state index contributed by atoms with van der Waals surface area (Å²) in [6, 6.07) is 2.22. The largest absolute Gasteiger partial charge is 0.345 e. The Hall–Kier alpha value is -3.03. The van der Waals surface area contributed by atoms with Gasteiger partial charge in [-0.1, -0.05) is 13.8 Å². The van der Waals surface area contributed by atoms with Crippen molar-refractivity contribution in [3.05, 3.63) is 59.8 Å². The highest BCUT2D eigenvalue weighted by molar-refractivity contribution is 6.01. The molecule has 1 aromatic carbocycles. The van der Waals surface area contributed by atoms with Gasteiger partial charge in [0.2, 0.25) is 0 Å². The molecule has 2 aliphatic rings. The van der Waals surface area contributed by atoms with Crippen LogP contribution < -0.4 is 5.43 Å². The van der Waals surface area contributed by atoms with Gasteiger partial charge in [0.05, 0.1) is 0 Å². The number of halogens is 3. The molecule has 27 heavy (non-hydrogen) atoms. The van der Waals surface area contributed by atoms with Gasteiger partial charge in [-0.2, -0.15) is 5.10 Å². The normalized spacial score (nSPS) is 18.6. The van der Waals surface area contributed by atoms with Gasteiger partial charge >= 0.3 is 0 Å². The van der Waals surface area contributed by atoms with Gasteiger partial charge in [-0.05, 0) is 41.3 Å². The van der Waals surface area contributed by atoms with Crippen LogP contribution in [0.5, 0.6) is 0 Å². The lowest BCUT2D eigenvalue weighted by molar-refractivity contribution is 0.151. The molecule has 0 bridgehead atoms. The third-order valence-electron chi connectivity index (χ3n) is 4.62. The van der Waals surface area contributed by atoms with E-state index in [1.54, 1.807) is 18.4 Å². The van der Waals surface area contributed by atoms with Crippen LogP contribution in [-0.2, 0) is 0 Å². The zero-order valence-corrected chi connectivity index (χ0v) is 14.7. The van der Waals surface area contributed by atoms with E-state index in [0.29, 0.717) is 11.4 Å². The molecule has 3 heterocycles. The molecule has 8 heteroatoms. The first-order valence-electron chi connectivity index (χ1n) is 8.59. The summed E-state index contributed by atoms with van der Waals surface area (Å²) in [7, 11) is 0. The Bertz CT molecular complexity index is 945. The molecule has 0 aliphatic carbocycles. The summed E-state index contributed by atoms with van der Waals surface area (Å²) in [4.78, 5) is 8.67. The maximum Gasteiger partial charge on any atom is 0.265 e. The smallest absolute Gasteiger partial charge is 0.265 e. The molecule has 1 aromatic heterocycles. The highest BCUT2D eigenvalue weighted by Crippen LogP contribution is 2.38. The number of aromatic amines is 1. The lowest BCUT2D eigenvalue weighted by Gasteiger charge is -2.29. The van der Waals surface area contributed by atoms with Crippen molar-refractivity contribution in [3.8, 4) is 11.4 Å². The van der Waals surface area contributed by atoms with Crippen LogP contribution in [0.25, 0.3) is 17.0 Å². The van der Waals surface area contributed by atoms with E-state index in [1.807, 2.05) is 18.7 Å². The van der Waals surface area contributed by atoms with E-state index in [4.69, 9.17) is 0 Å². The molecule has 1 unspecified atom stereocenters. The second-order valence-corrected chi connectivity index (χ2v) is 6.77. The first kappa shape index (κ1) is 17.4. The molecule has 0 saturated carbocycles. The summed E-state index contributed by atoms with van der Waals surface area (Å²) < 4.78 is 42.3. The second kappa shape index (κ2) is 6.61. The van der Waals surface area contributed by atoms with Gasteiger partial charge in [-0.15, -0.1) is 0 Å². The standard InChI is InChI=1S/C19H18F3N5/c1-10(2)19-26-25-15-4-3-11(9-27(15)19)13-7-12(20)8-14(16(13)17(21)22)18-23-5-6-24-18/h3-10,17,19,26H,1-2H3,(H,23,24). The van der Waals surface area contributed by atoms with Gasteiger partial charge in [-0.3, -0.25) is 5.43 Å². The average Bonchev–Trinajstić information content (AvgIpc) is 3.29. The number of aromatic nitrogens is 2. The van der Waals surface area contributed by atoms with E-state index >= 15 is 0 Å². The van der Waals surface area contributed by atoms with Gasteiger partial charge in [0, 0.05) is 29.7 Å². The van der Waals surface area contributed by atoms with Crippen LogP contribution in [0, 0.1) is 11.7 Å². The minimum absolute atomic E-state index is 0.0544. The number of amidine groups is 1. The van der Waals surface area contributed by atoms with Gasteiger partial charge < -0.3 is 9.88 Å². The molecule has 0 radical (unpaired) electrons. The Kier molecular flexibility index (Phi) is 4.25. The van der Waals surface area contributed by atoms with Crippen LogP contribution in [0.4, 0.5) is 13.2 Å². The van der Waals surface area contributed by atoms with Crippen molar-refractivity contribution in [2.24, 2.45) is 11.0 Å². The van der Waals surface area contributed by atoms with Crippen molar-refractivity contribution >= 4 is 11.4 Å². The molecule has 1 atom stereocenters. The molecule has 0 spiro atoms. The van der Waals surface area contributed by atoms with Gasteiger partial charge in [-0.25, -0.2) is 18.2 Å². The number of alkyl halides is 2. The van der Waals surface area contributed by atoms with E-state index in [-0.39, 0.29) is 34.6 Å². The van der Waals surface area contributed by atoms with Crippen LogP contribution in [0.2, 0.25) is 0 Å². The number of benzene rings is 1. The topological polar surface area (TPSA) is 56.3 Å². The van der Waals surface area contributed by atoms with Crippen molar-refractivity contribution in [2.75, 3.05) is 0 Å². The Morgan fingerprint density at radius 3 is 2.59 bits per heavy atom. The molecular weight excluding hydrogens is 355 g/mol. The first-order chi connectivity index (χ1) is 13.0. The minimum Gasteiger partial charge on any atom is -0.345 e. The molecule has 4 rings (SSSR count). The average molecular weight is 373 g/mol. The summed E-state index contributed by atoms with van der Waals surface area (Å²) >= 11 is 0. The Morgan fingerprint density at radius 1 is 1.15 bits per heavy atom. The lowest BCUT2D eigenvalue weighted by Crippen LogP contribution is -2.40. The van der Waals surface area contributed by atoms with Crippen LogP contribution in [0.3, 0.4) is 0 Å². The van der Waals surface area contributed by atoms with E-state index in [1.165, 1.54) is 12.4 Å². The summed E-state index contributed by atoms with van der Waals surface area (Å²) in [6.45, 7) is 4.06. The molecule has 2 N–H and O–H groups in total. The minimum atomic E-state index is -2.79. The van der Waals surface area contributed by atoms with Gasteiger partial charge in [0.1, 0.15) is 17.8 Å². The summed E-state index contributed by atoms with van der Waals surface area (Å²) in [5.41, 5.74) is 3.47. The zero-order valence-electron chi connectivity index (χ0n) is 14.7. The number of hydrogen-bond acceptors (Lipinski definition) is 4. The number of hydrazone groups is 1. The van der Waals surface area contributed by atoms with Gasteiger partial charge in [0.25, 0.3) is 6.43 Å². The Labute approximate surface area is 154 Å². The number of nitrogens with zero attached hydrogens (tertiary/aromatic N) is 3. The summed E-state index contributed by atoms with van der Waals surface area (Å²) in [5.74, 6) is 0.529. The van der Waals surface area contributed by atoms with Crippen molar-refractivity contribution in [3.63, 3.8) is 0 Å². The number of imidazole rings is 1. The summed E-state index contributed by atoms with van der Waals surface area (Å²) in [6.07, 6.45) is 5.22. The number of rotatable bonds is 4. The van der Waals surface area contributed by atoms with Gasteiger partial charge in [0.15, 0.2) is 5.84 Å². The van der Waals surface area contributed by atoms with Crippen molar-refractivity contribution in [1.82, 2.24) is 20.3 Å². The third kappa shape index (κ3) is 3.01. The fraction of sp³-hybridized carbons (Fsp3) is 0.263. The van der Waals surface area contributed by atoms with Crippen LogP contribution in [0.1, 0.15) is 31.4 Å². The number of H-pyrrole nitrogens is 1. The number of nitrogens with one attached hydrogen (secondary N) is 2. The number of allylic oxidation sites excluding steroid dienone is 2. The highest BCUT2D eigenvalue weighted by Gasteiger charge is 2.31. The maximum atomic E-state index is 14.3. The molecule has 2 aromatic rings. The van der Waals surface area contributed by atoms with E-state index in [9.17, 15) is 13.2 Å². The number of hydrogen-bond donors (Lipinski definition) is 2. The quantitative estimate of drug-likeness (QED) is 0.842. The van der Waals surface area contributed by atoms with E-state index < -0.39 is 12.2 Å². The molecular formula is C19H18F3N5. The van der Waals surface area contributed by atoms with Crippen molar-refractivity contribution < 1.29 is 13.2 Å². The Morgan fingerprint density at radius 2 is 1.93 bits per heavy atom.